The predicted octanol–water partition coefficient (Wildman–Crippen LogP) is 3.81. The summed E-state index contributed by atoms with van der Waals surface area (Å²) in [7, 11) is 0. The summed E-state index contributed by atoms with van der Waals surface area (Å²) >= 11 is 1.84. The molecule has 0 aliphatic heterocycles. The molecule has 20 heavy (non-hydrogen) atoms. The second-order valence-electron chi connectivity index (χ2n) is 5.75. The van der Waals surface area contributed by atoms with Crippen LogP contribution in [0.4, 0.5) is 5.69 Å². The van der Waals surface area contributed by atoms with Gasteiger partial charge in [-0.25, -0.2) is 0 Å². The van der Waals surface area contributed by atoms with Crippen molar-refractivity contribution in [2.45, 2.75) is 44.8 Å². The Bertz CT molecular complexity index is 544. The molecule has 1 unspecified atom stereocenters. The summed E-state index contributed by atoms with van der Waals surface area (Å²) in [5.41, 5.74) is 8.76. The summed E-state index contributed by atoms with van der Waals surface area (Å²) in [4.78, 5) is 4.01. The van der Waals surface area contributed by atoms with Gasteiger partial charge in [0.1, 0.15) is 0 Å². The molecule has 0 radical (unpaired) electrons. The Kier molecular flexibility index (Phi) is 4.08. The zero-order valence-corrected chi connectivity index (χ0v) is 12.8. The first-order chi connectivity index (χ1) is 9.74. The molecular formula is C17H22N2S. The number of anilines is 1. The van der Waals surface area contributed by atoms with Gasteiger partial charge in [0.25, 0.3) is 0 Å². The van der Waals surface area contributed by atoms with Gasteiger partial charge in [-0.05, 0) is 49.3 Å². The lowest BCUT2D eigenvalue weighted by atomic mass is 10.0. The van der Waals surface area contributed by atoms with Crippen LogP contribution in [0.2, 0.25) is 0 Å². The number of hydrogen-bond donors (Lipinski definition) is 1. The highest BCUT2D eigenvalue weighted by molar-refractivity contribution is 7.09. The number of rotatable bonds is 6. The smallest absolute Gasteiger partial charge is 0.0526 e. The first kappa shape index (κ1) is 13.7. The maximum atomic E-state index is 6.00. The number of para-hydroxylation sites is 1. The normalized spacial score (nSPS) is 16.1. The van der Waals surface area contributed by atoms with Crippen molar-refractivity contribution >= 4 is 17.0 Å². The number of benzene rings is 1. The summed E-state index contributed by atoms with van der Waals surface area (Å²) < 4.78 is 0. The molecule has 2 nitrogen and oxygen atoms in total. The van der Waals surface area contributed by atoms with E-state index in [1.807, 2.05) is 11.3 Å². The summed E-state index contributed by atoms with van der Waals surface area (Å²) in [6, 6.07) is 14.0. The van der Waals surface area contributed by atoms with E-state index in [-0.39, 0.29) is 6.04 Å². The van der Waals surface area contributed by atoms with Gasteiger partial charge in [0.05, 0.1) is 6.54 Å². The average molecular weight is 286 g/mol. The van der Waals surface area contributed by atoms with Gasteiger partial charge in [0.2, 0.25) is 0 Å². The quantitative estimate of drug-likeness (QED) is 0.875. The van der Waals surface area contributed by atoms with Crippen LogP contribution < -0.4 is 10.6 Å². The second kappa shape index (κ2) is 5.98. The third-order valence-electron chi connectivity index (χ3n) is 3.74. The van der Waals surface area contributed by atoms with Gasteiger partial charge in [-0.2, -0.15) is 0 Å². The maximum absolute atomic E-state index is 6.00. The summed E-state index contributed by atoms with van der Waals surface area (Å²) in [6.07, 6.45) is 3.58. The van der Waals surface area contributed by atoms with Crippen LogP contribution in [0.1, 0.15) is 30.2 Å². The highest BCUT2D eigenvalue weighted by atomic mass is 32.1. The molecule has 1 aromatic carbocycles. The minimum Gasteiger partial charge on any atom is -0.363 e. The van der Waals surface area contributed by atoms with Gasteiger partial charge in [0.15, 0.2) is 0 Å². The number of thiophene rings is 1. The fraction of sp³-hybridized carbons (Fsp3) is 0.412. The van der Waals surface area contributed by atoms with E-state index in [0.29, 0.717) is 6.04 Å². The highest BCUT2D eigenvalue weighted by Crippen LogP contribution is 2.35. The fourth-order valence-electron chi connectivity index (χ4n) is 2.68. The van der Waals surface area contributed by atoms with Gasteiger partial charge >= 0.3 is 0 Å². The molecular weight excluding hydrogens is 264 g/mol. The van der Waals surface area contributed by atoms with Crippen molar-refractivity contribution in [1.29, 1.82) is 0 Å². The molecule has 106 valence electrons. The van der Waals surface area contributed by atoms with Crippen LogP contribution in [0.25, 0.3) is 0 Å². The second-order valence-corrected chi connectivity index (χ2v) is 6.78. The van der Waals surface area contributed by atoms with E-state index in [1.54, 1.807) is 0 Å². The van der Waals surface area contributed by atoms with Crippen LogP contribution in [0, 0.1) is 0 Å². The zero-order valence-electron chi connectivity index (χ0n) is 12.0. The lowest BCUT2D eigenvalue weighted by molar-refractivity contribution is 0.725. The Hall–Kier alpha value is -1.32. The molecule has 2 aromatic rings. The van der Waals surface area contributed by atoms with Gasteiger partial charge in [0, 0.05) is 22.6 Å². The standard InChI is InChI=1S/C17H22N2S/c1-13(18)11-14-5-2-3-7-17(14)19(15-8-9-15)12-16-6-4-10-20-16/h2-7,10,13,15H,8-9,11-12,18H2,1H3. The van der Waals surface area contributed by atoms with Crippen LogP contribution in [-0.2, 0) is 13.0 Å². The van der Waals surface area contributed by atoms with Crippen LogP contribution in [0.5, 0.6) is 0 Å². The lowest BCUT2D eigenvalue weighted by Crippen LogP contribution is -2.27. The molecule has 0 amide bonds. The van der Waals surface area contributed by atoms with Crippen molar-refractivity contribution in [3.05, 3.63) is 52.2 Å². The third kappa shape index (κ3) is 3.22. The van der Waals surface area contributed by atoms with Crippen molar-refractivity contribution in [3.8, 4) is 0 Å². The number of hydrogen-bond acceptors (Lipinski definition) is 3. The van der Waals surface area contributed by atoms with Gasteiger partial charge in [-0.3, -0.25) is 0 Å². The van der Waals surface area contributed by atoms with Crippen LogP contribution in [0.3, 0.4) is 0 Å². The molecule has 1 heterocycles. The van der Waals surface area contributed by atoms with Crippen molar-refractivity contribution in [3.63, 3.8) is 0 Å². The molecule has 1 fully saturated rings. The Morgan fingerprint density at radius 3 is 2.70 bits per heavy atom. The van der Waals surface area contributed by atoms with E-state index >= 15 is 0 Å². The topological polar surface area (TPSA) is 29.3 Å². The van der Waals surface area contributed by atoms with E-state index < -0.39 is 0 Å². The first-order valence-corrected chi connectivity index (χ1v) is 8.24. The predicted molar refractivity (Wildman–Crippen MR) is 87.3 cm³/mol. The molecule has 1 aliphatic carbocycles. The minimum absolute atomic E-state index is 0.207. The largest absolute Gasteiger partial charge is 0.363 e. The average Bonchev–Trinajstić information content (AvgIpc) is 3.14. The molecule has 1 saturated carbocycles. The Labute approximate surface area is 125 Å². The molecule has 1 aromatic heterocycles. The first-order valence-electron chi connectivity index (χ1n) is 7.36. The molecule has 0 bridgehead atoms. The molecule has 0 saturated heterocycles. The van der Waals surface area contributed by atoms with Crippen molar-refractivity contribution in [1.82, 2.24) is 0 Å². The molecule has 2 N–H and O–H groups in total. The van der Waals surface area contributed by atoms with Crippen molar-refractivity contribution < 1.29 is 0 Å². The SMILES string of the molecule is CC(N)Cc1ccccc1N(Cc1cccs1)C1CC1. The number of nitrogens with two attached hydrogens (primary N) is 1. The zero-order chi connectivity index (χ0) is 13.9. The van der Waals surface area contributed by atoms with Gasteiger partial charge < -0.3 is 10.6 Å². The molecule has 0 spiro atoms. The van der Waals surface area contributed by atoms with Crippen molar-refractivity contribution in [2.24, 2.45) is 5.73 Å². The van der Waals surface area contributed by atoms with E-state index in [1.165, 1.54) is 29.0 Å². The Morgan fingerprint density at radius 2 is 2.05 bits per heavy atom. The van der Waals surface area contributed by atoms with E-state index in [9.17, 15) is 0 Å². The van der Waals surface area contributed by atoms with Gasteiger partial charge in [-0.15, -0.1) is 11.3 Å². The van der Waals surface area contributed by atoms with Crippen LogP contribution in [0.15, 0.2) is 41.8 Å². The molecule has 3 heteroatoms. The molecule has 1 aliphatic rings. The van der Waals surface area contributed by atoms with Crippen LogP contribution >= 0.6 is 11.3 Å². The monoisotopic (exact) mass is 286 g/mol. The Balaban J connectivity index is 1.87. The third-order valence-corrected chi connectivity index (χ3v) is 4.60. The van der Waals surface area contributed by atoms with Gasteiger partial charge in [-0.1, -0.05) is 24.3 Å². The summed E-state index contributed by atoms with van der Waals surface area (Å²) in [5, 5.41) is 2.16. The summed E-state index contributed by atoms with van der Waals surface area (Å²) in [5.74, 6) is 0. The van der Waals surface area contributed by atoms with Crippen LogP contribution in [-0.4, -0.2) is 12.1 Å². The van der Waals surface area contributed by atoms with E-state index in [0.717, 1.165) is 13.0 Å². The maximum Gasteiger partial charge on any atom is 0.0526 e. The highest BCUT2D eigenvalue weighted by Gasteiger charge is 2.30. The van der Waals surface area contributed by atoms with Crippen molar-refractivity contribution in [2.75, 3.05) is 4.90 Å². The number of nitrogens with zero attached hydrogens (tertiary/aromatic N) is 1. The summed E-state index contributed by atoms with van der Waals surface area (Å²) in [6.45, 7) is 3.11. The molecule has 3 rings (SSSR count). The van der Waals surface area contributed by atoms with E-state index in [4.69, 9.17) is 5.73 Å². The lowest BCUT2D eigenvalue weighted by Gasteiger charge is -2.27. The Morgan fingerprint density at radius 1 is 1.25 bits per heavy atom. The minimum atomic E-state index is 0.207. The fourth-order valence-corrected chi connectivity index (χ4v) is 3.38. The van der Waals surface area contributed by atoms with E-state index in [2.05, 4.69) is 53.6 Å². The molecule has 1 atom stereocenters.